The summed E-state index contributed by atoms with van der Waals surface area (Å²) in [6.07, 6.45) is 0.877. The monoisotopic (exact) mass is 160 g/mol. The SMILES string of the molecule is C=CCOC(=O)CC(=O)CF. The lowest BCUT2D eigenvalue weighted by molar-refractivity contribution is -0.145. The van der Waals surface area contributed by atoms with Crippen molar-refractivity contribution in [2.75, 3.05) is 13.3 Å². The molecule has 0 amide bonds. The second-order valence-electron chi connectivity index (χ2n) is 1.82. The smallest absolute Gasteiger partial charge is 0.313 e. The quantitative estimate of drug-likeness (QED) is 0.337. The van der Waals surface area contributed by atoms with Crippen LogP contribution >= 0.6 is 0 Å². The first kappa shape index (κ1) is 9.81. The van der Waals surface area contributed by atoms with Crippen LogP contribution < -0.4 is 0 Å². The largest absolute Gasteiger partial charge is 0.461 e. The van der Waals surface area contributed by atoms with Gasteiger partial charge in [0.1, 0.15) is 19.7 Å². The molecule has 0 radical (unpaired) electrons. The van der Waals surface area contributed by atoms with Crippen molar-refractivity contribution in [1.82, 2.24) is 0 Å². The highest BCUT2D eigenvalue weighted by molar-refractivity contribution is 5.96. The molecule has 0 rings (SSSR count). The Balaban J connectivity index is 3.51. The first-order valence-electron chi connectivity index (χ1n) is 3.05. The number of carbonyl (C=O) groups excluding carboxylic acids is 2. The molecular weight excluding hydrogens is 151 g/mol. The van der Waals surface area contributed by atoms with Crippen LogP contribution in [0.2, 0.25) is 0 Å². The van der Waals surface area contributed by atoms with Gasteiger partial charge in [0.2, 0.25) is 0 Å². The van der Waals surface area contributed by atoms with Crippen molar-refractivity contribution < 1.29 is 18.7 Å². The van der Waals surface area contributed by atoms with Gasteiger partial charge in [0.05, 0.1) is 0 Å². The summed E-state index contributed by atoms with van der Waals surface area (Å²) < 4.78 is 15.9. The zero-order valence-electron chi connectivity index (χ0n) is 6.01. The van der Waals surface area contributed by atoms with Crippen LogP contribution in [-0.2, 0) is 14.3 Å². The highest BCUT2D eigenvalue weighted by Gasteiger charge is 2.08. The third-order valence-corrected chi connectivity index (χ3v) is 0.853. The average Bonchev–Trinajstić information content (AvgIpc) is 2.00. The topological polar surface area (TPSA) is 43.4 Å². The fourth-order valence-corrected chi connectivity index (χ4v) is 0.411. The van der Waals surface area contributed by atoms with Gasteiger partial charge in [0.25, 0.3) is 0 Å². The Labute approximate surface area is 63.8 Å². The number of carbonyl (C=O) groups is 2. The lowest BCUT2D eigenvalue weighted by atomic mass is 10.3. The Morgan fingerprint density at radius 1 is 1.55 bits per heavy atom. The maximum Gasteiger partial charge on any atom is 0.313 e. The molecule has 0 atom stereocenters. The van der Waals surface area contributed by atoms with E-state index in [1.54, 1.807) is 0 Å². The van der Waals surface area contributed by atoms with Gasteiger partial charge in [0, 0.05) is 0 Å². The second kappa shape index (κ2) is 5.58. The standard InChI is InChI=1S/C7H9FO3/c1-2-3-11-7(10)4-6(9)5-8/h2H,1,3-5H2. The van der Waals surface area contributed by atoms with Crippen molar-refractivity contribution in [2.24, 2.45) is 0 Å². The van der Waals surface area contributed by atoms with Crippen LogP contribution in [0.3, 0.4) is 0 Å². The van der Waals surface area contributed by atoms with Gasteiger partial charge in [0.15, 0.2) is 5.78 Å². The summed E-state index contributed by atoms with van der Waals surface area (Å²) in [5.74, 6) is -1.48. The van der Waals surface area contributed by atoms with Crippen LogP contribution in [0, 0.1) is 0 Å². The van der Waals surface area contributed by atoms with Crippen LogP contribution in [0.4, 0.5) is 4.39 Å². The van der Waals surface area contributed by atoms with E-state index in [0.717, 1.165) is 0 Å². The molecule has 0 fully saturated rings. The zero-order chi connectivity index (χ0) is 8.69. The van der Waals surface area contributed by atoms with E-state index in [9.17, 15) is 14.0 Å². The molecule has 62 valence electrons. The lowest BCUT2D eigenvalue weighted by Gasteiger charge is -1.97. The van der Waals surface area contributed by atoms with Crippen molar-refractivity contribution in [1.29, 1.82) is 0 Å². The third kappa shape index (κ3) is 5.26. The van der Waals surface area contributed by atoms with E-state index in [-0.39, 0.29) is 6.61 Å². The number of Topliss-reactive ketones (excluding diaryl/α,β-unsaturated/α-hetero) is 1. The number of ether oxygens (including phenoxy) is 1. The number of alkyl halides is 1. The molecule has 0 aliphatic rings. The Hall–Kier alpha value is -1.19. The van der Waals surface area contributed by atoms with Crippen molar-refractivity contribution in [2.45, 2.75) is 6.42 Å². The van der Waals surface area contributed by atoms with Crippen LogP contribution in [0.1, 0.15) is 6.42 Å². The molecule has 0 saturated carbocycles. The van der Waals surface area contributed by atoms with Gasteiger partial charge in [-0.05, 0) is 0 Å². The summed E-state index contributed by atoms with van der Waals surface area (Å²) in [4.78, 5) is 20.8. The van der Waals surface area contributed by atoms with Crippen molar-refractivity contribution in [3.05, 3.63) is 12.7 Å². The minimum atomic E-state index is -1.12. The summed E-state index contributed by atoms with van der Waals surface area (Å²) in [5.41, 5.74) is 0. The van der Waals surface area contributed by atoms with Crippen molar-refractivity contribution in [3.8, 4) is 0 Å². The third-order valence-electron chi connectivity index (χ3n) is 0.853. The van der Waals surface area contributed by atoms with Crippen molar-refractivity contribution >= 4 is 11.8 Å². The van der Waals surface area contributed by atoms with E-state index >= 15 is 0 Å². The van der Waals surface area contributed by atoms with Crippen LogP contribution in [0.5, 0.6) is 0 Å². The fraction of sp³-hybridized carbons (Fsp3) is 0.429. The molecule has 11 heavy (non-hydrogen) atoms. The maximum absolute atomic E-state index is 11.5. The van der Waals surface area contributed by atoms with E-state index in [1.165, 1.54) is 6.08 Å². The predicted molar refractivity (Wildman–Crippen MR) is 36.8 cm³/mol. The molecule has 0 unspecified atom stereocenters. The van der Waals surface area contributed by atoms with E-state index < -0.39 is 24.8 Å². The molecule has 0 saturated heterocycles. The van der Waals surface area contributed by atoms with E-state index in [4.69, 9.17) is 0 Å². The molecule has 0 aliphatic carbocycles. The number of esters is 1. The van der Waals surface area contributed by atoms with Gasteiger partial charge in [-0.1, -0.05) is 12.7 Å². The Morgan fingerprint density at radius 2 is 2.18 bits per heavy atom. The summed E-state index contributed by atoms with van der Waals surface area (Å²) in [6, 6.07) is 0. The van der Waals surface area contributed by atoms with Gasteiger partial charge in [-0.2, -0.15) is 0 Å². The number of hydrogen-bond acceptors (Lipinski definition) is 3. The number of halogens is 1. The first-order chi connectivity index (χ1) is 5.20. The van der Waals surface area contributed by atoms with E-state index in [0.29, 0.717) is 0 Å². The van der Waals surface area contributed by atoms with Crippen LogP contribution in [0.25, 0.3) is 0 Å². The van der Waals surface area contributed by atoms with Crippen LogP contribution in [-0.4, -0.2) is 25.0 Å². The molecule has 0 aliphatic heterocycles. The first-order valence-corrected chi connectivity index (χ1v) is 3.05. The molecule has 0 aromatic carbocycles. The summed E-state index contributed by atoms with van der Waals surface area (Å²) in [5, 5.41) is 0. The Morgan fingerprint density at radius 3 is 2.64 bits per heavy atom. The average molecular weight is 160 g/mol. The number of hydrogen-bond donors (Lipinski definition) is 0. The number of ketones is 1. The van der Waals surface area contributed by atoms with Gasteiger partial charge in [-0.15, -0.1) is 0 Å². The van der Waals surface area contributed by atoms with Crippen LogP contribution in [0.15, 0.2) is 12.7 Å². The molecular formula is C7H9FO3. The molecule has 0 aromatic heterocycles. The molecule has 0 N–H and O–H groups in total. The summed E-state index contributed by atoms with van der Waals surface area (Å²) in [7, 11) is 0. The normalized spacial score (nSPS) is 8.82. The summed E-state index contributed by atoms with van der Waals surface area (Å²) in [6.45, 7) is 2.23. The zero-order valence-corrected chi connectivity index (χ0v) is 6.01. The highest BCUT2D eigenvalue weighted by atomic mass is 19.1. The lowest BCUT2D eigenvalue weighted by Crippen LogP contribution is -2.12. The van der Waals surface area contributed by atoms with Gasteiger partial charge < -0.3 is 4.74 Å². The molecule has 0 bridgehead atoms. The molecule has 3 nitrogen and oxygen atoms in total. The summed E-state index contributed by atoms with van der Waals surface area (Å²) >= 11 is 0. The molecule has 4 heteroatoms. The fourth-order valence-electron chi connectivity index (χ4n) is 0.411. The Kier molecular flexibility index (Phi) is 4.98. The molecule has 0 aromatic rings. The second-order valence-corrected chi connectivity index (χ2v) is 1.82. The highest BCUT2D eigenvalue weighted by Crippen LogP contribution is 1.89. The molecule has 0 spiro atoms. The van der Waals surface area contributed by atoms with Gasteiger partial charge in [-0.25, -0.2) is 4.39 Å². The van der Waals surface area contributed by atoms with Gasteiger partial charge >= 0.3 is 5.97 Å². The minimum absolute atomic E-state index is 0.0540. The minimum Gasteiger partial charge on any atom is -0.461 e. The van der Waals surface area contributed by atoms with Crippen molar-refractivity contribution in [3.63, 3.8) is 0 Å². The van der Waals surface area contributed by atoms with E-state index in [1.807, 2.05) is 0 Å². The number of rotatable bonds is 5. The maximum atomic E-state index is 11.5. The molecule has 0 heterocycles. The van der Waals surface area contributed by atoms with E-state index in [2.05, 4.69) is 11.3 Å². The Bertz CT molecular complexity index is 165. The van der Waals surface area contributed by atoms with Gasteiger partial charge in [-0.3, -0.25) is 9.59 Å². The predicted octanol–water partition coefficient (Wildman–Crippen LogP) is 0.644.